The molecule has 1 amide bonds. The summed E-state index contributed by atoms with van der Waals surface area (Å²) in [5.41, 5.74) is 8.89. The van der Waals surface area contributed by atoms with Gasteiger partial charge in [-0.25, -0.2) is 5.84 Å². The first kappa shape index (κ1) is 9.60. The molecule has 6 nitrogen and oxygen atoms in total. The largest absolute Gasteiger partial charge is 0.331 e. The number of azide groups is 1. The second-order valence-corrected chi connectivity index (χ2v) is 1.57. The Morgan fingerprint density at radius 2 is 2.36 bits per heavy atom. The maximum atomic E-state index is 12.2. The van der Waals surface area contributed by atoms with Crippen LogP contribution in [0.3, 0.4) is 0 Å². The molecule has 11 heavy (non-hydrogen) atoms. The van der Waals surface area contributed by atoms with Crippen LogP contribution < -0.4 is 11.3 Å². The van der Waals surface area contributed by atoms with Gasteiger partial charge in [0.15, 0.2) is 0 Å². The molecule has 62 valence electrons. The number of carbonyl (C=O) groups is 1. The summed E-state index contributed by atoms with van der Waals surface area (Å²) in [6, 6.07) is 0. The number of halogens is 2. The zero-order chi connectivity index (χ0) is 8.91. The maximum absolute atomic E-state index is 12.2. The number of alkyl halides is 2. The summed E-state index contributed by atoms with van der Waals surface area (Å²) >= 11 is 0. The maximum Gasteiger partial charge on any atom is 0.331 e. The zero-order valence-corrected chi connectivity index (χ0v) is 5.29. The van der Waals surface area contributed by atoms with Crippen molar-refractivity contribution in [1.82, 2.24) is 5.43 Å². The quantitative estimate of drug-likeness (QED) is 0.152. The van der Waals surface area contributed by atoms with E-state index in [1.165, 1.54) is 5.43 Å². The molecule has 0 saturated heterocycles. The number of hydrogen-bond acceptors (Lipinski definition) is 3. The van der Waals surface area contributed by atoms with Crippen LogP contribution in [0.25, 0.3) is 10.4 Å². The molecule has 0 aliphatic heterocycles. The smallest absolute Gasteiger partial charge is 0.289 e. The number of amides is 1. The number of hydrogen-bond donors (Lipinski definition) is 2. The molecule has 0 spiro atoms. The third-order valence-corrected chi connectivity index (χ3v) is 0.796. The van der Waals surface area contributed by atoms with E-state index in [0.29, 0.717) is 0 Å². The van der Waals surface area contributed by atoms with Crippen molar-refractivity contribution in [2.75, 3.05) is 6.54 Å². The summed E-state index contributed by atoms with van der Waals surface area (Å²) in [4.78, 5) is 12.2. The molecular weight excluding hydrogens is 160 g/mol. The van der Waals surface area contributed by atoms with Gasteiger partial charge in [-0.1, -0.05) is 5.11 Å². The van der Waals surface area contributed by atoms with E-state index >= 15 is 0 Å². The van der Waals surface area contributed by atoms with E-state index in [9.17, 15) is 13.6 Å². The zero-order valence-electron chi connectivity index (χ0n) is 5.29. The van der Waals surface area contributed by atoms with Gasteiger partial charge in [-0.2, -0.15) is 8.78 Å². The van der Waals surface area contributed by atoms with E-state index in [1.807, 2.05) is 0 Å². The Morgan fingerprint density at radius 3 is 2.73 bits per heavy atom. The molecule has 8 heteroatoms. The molecule has 0 aromatic carbocycles. The average molecular weight is 165 g/mol. The molecule has 0 aromatic heterocycles. The molecule has 0 fully saturated rings. The van der Waals surface area contributed by atoms with E-state index < -0.39 is 18.4 Å². The van der Waals surface area contributed by atoms with Gasteiger partial charge in [0.25, 0.3) is 0 Å². The summed E-state index contributed by atoms with van der Waals surface area (Å²) < 4.78 is 24.5. The predicted molar refractivity (Wildman–Crippen MR) is 31.3 cm³/mol. The van der Waals surface area contributed by atoms with Gasteiger partial charge >= 0.3 is 11.8 Å². The number of rotatable bonds is 3. The lowest BCUT2D eigenvalue weighted by molar-refractivity contribution is -0.144. The Bertz CT molecular complexity index is 198. The van der Waals surface area contributed by atoms with E-state index in [0.717, 1.165) is 0 Å². The molecule has 0 aliphatic carbocycles. The normalized spacial score (nSPS) is 10.1. The van der Waals surface area contributed by atoms with Crippen molar-refractivity contribution in [2.24, 2.45) is 11.0 Å². The lowest BCUT2D eigenvalue weighted by Crippen LogP contribution is -2.45. The highest BCUT2D eigenvalue weighted by Gasteiger charge is 2.37. The molecule has 0 aromatic rings. The van der Waals surface area contributed by atoms with Crippen molar-refractivity contribution < 1.29 is 13.6 Å². The summed E-state index contributed by atoms with van der Waals surface area (Å²) in [5.74, 6) is -0.996. The van der Waals surface area contributed by atoms with Crippen LogP contribution >= 0.6 is 0 Å². The minimum Gasteiger partial charge on any atom is -0.289 e. The summed E-state index contributed by atoms with van der Waals surface area (Å²) in [6.45, 7) is -1.23. The first-order valence-electron chi connectivity index (χ1n) is 2.44. The van der Waals surface area contributed by atoms with Crippen molar-refractivity contribution >= 4 is 5.91 Å². The van der Waals surface area contributed by atoms with Crippen molar-refractivity contribution in [1.29, 1.82) is 0 Å². The number of nitrogens with zero attached hydrogens (tertiary/aromatic N) is 3. The molecule has 0 atom stereocenters. The van der Waals surface area contributed by atoms with Gasteiger partial charge in [-0.05, 0) is 5.53 Å². The van der Waals surface area contributed by atoms with E-state index in [4.69, 9.17) is 5.53 Å². The first-order chi connectivity index (χ1) is 5.04. The second kappa shape index (κ2) is 3.69. The molecule has 0 rings (SSSR count). The Labute approximate surface area is 60.0 Å². The van der Waals surface area contributed by atoms with Crippen molar-refractivity contribution in [3.05, 3.63) is 10.4 Å². The van der Waals surface area contributed by atoms with Crippen LogP contribution in [0.15, 0.2) is 5.11 Å². The van der Waals surface area contributed by atoms with Gasteiger partial charge in [0.2, 0.25) is 0 Å². The molecule has 0 radical (unpaired) electrons. The topological polar surface area (TPSA) is 104 Å². The first-order valence-corrected chi connectivity index (χ1v) is 2.44. The molecule has 0 saturated carbocycles. The van der Waals surface area contributed by atoms with Gasteiger partial charge in [0, 0.05) is 4.91 Å². The monoisotopic (exact) mass is 165 g/mol. The second-order valence-electron chi connectivity index (χ2n) is 1.57. The third-order valence-electron chi connectivity index (χ3n) is 0.796. The van der Waals surface area contributed by atoms with Crippen molar-refractivity contribution in [2.45, 2.75) is 5.92 Å². The minimum absolute atomic E-state index is 1.23. The highest BCUT2D eigenvalue weighted by molar-refractivity contribution is 5.82. The number of hydrazine groups is 1. The molecule has 0 unspecified atom stereocenters. The Balaban J connectivity index is 4.20. The van der Waals surface area contributed by atoms with Crippen LogP contribution in [-0.2, 0) is 4.79 Å². The van der Waals surface area contributed by atoms with Crippen LogP contribution in [0.1, 0.15) is 0 Å². The third kappa shape index (κ3) is 2.78. The van der Waals surface area contributed by atoms with Gasteiger partial charge in [0.1, 0.15) is 0 Å². The fraction of sp³-hybridized carbons (Fsp3) is 0.667. The van der Waals surface area contributed by atoms with Gasteiger partial charge in [0.05, 0.1) is 6.54 Å². The van der Waals surface area contributed by atoms with Crippen LogP contribution in [-0.4, -0.2) is 18.4 Å². The van der Waals surface area contributed by atoms with Crippen LogP contribution in [0.4, 0.5) is 8.78 Å². The van der Waals surface area contributed by atoms with E-state index in [1.54, 1.807) is 0 Å². The number of nitrogens with two attached hydrogens (primary N) is 1. The Morgan fingerprint density at radius 1 is 1.82 bits per heavy atom. The van der Waals surface area contributed by atoms with Crippen molar-refractivity contribution in [3.63, 3.8) is 0 Å². The number of nitrogens with one attached hydrogen (secondary N) is 1. The minimum atomic E-state index is -3.74. The van der Waals surface area contributed by atoms with Crippen LogP contribution in [0.5, 0.6) is 0 Å². The molecule has 0 aliphatic rings. The SMILES string of the molecule is [N-]=[N+]=NCC(F)(F)C(=O)NN. The highest BCUT2D eigenvalue weighted by atomic mass is 19.3. The van der Waals surface area contributed by atoms with Crippen molar-refractivity contribution in [3.8, 4) is 0 Å². The summed E-state index contributed by atoms with van der Waals surface area (Å²) in [6.07, 6.45) is 0. The van der Waals surface area contributed by atoms with Gasteiger partial charge < -0.3 is 0 Å². The lowest BCUT2D eigenvalue weighted by Gasteiger charge is -2.09. The fourth-order valence-corrected chi connectivity index (χ4v) is 0.298. The molecular formula is C3H5F2N5O. The standard InChI is InChI=1S/C3H5F2N5O/c4-3(5,1-8-10-7)2(11)9-6/h1,6H2,(H,9,11). The fourth-order valence-electron chi connectivity index (χ4n) is 0.298. The Hall–Kier alpha value is -1.40. The molecule has 3 N–H and O–H groups in total. The average Bonchev–Trinajstić information content (AvgIpc) is 1.99. The van der Waals surface area contributed by atoms with E-state index in [2.05, 4.69) is 15.9 Å². The van der Waals surface area contributed by atoms with Gasteiger partial charge in [-0.15, -0.1) is 0 Å². The molecule has 0 heterocycles. The van der Waals surface area contributed by atoms with Gasteiger partial charge in [-0.3, -0.25) is 10.2 Å². The Kier molecular flexibility index (Phi) is 3.22. The number of carbonyl (C=O) groups excluding carboxylic acids is 1. The van der Waals surface area contributed by atoms with Crippen LogP contribution in [0.2, 0.25) is 0 Å². The van der Waals surface area contributed by atoms with E-state index in [-0.39, 0.29) is 0 Å². The molecule has 0 bridgehead atoms. The summed E-state index contributed by atoms with van der Waals surface area (Å²) in [7, 11) is 0. The van der Waals surface area contributed by atoms with Crippen LogP contribution in [0, 0.1) is 0 Å². The lowest BCUT2D eigenvalue weighted by atomic mass is 10.3. The highest BCUT2D eigenvalue weighted by Crippen LogP contribution is 2.12. The summed E-state index contributed by atoms with van der Waals surface area (Å²) in [5, 5.41) is 2.53. The predicted octanol–water partition coefficient (Wildman–Crippen LogP) is -0.0781.